The molecule has 3 heterocycles. The predicted molar refractivity (Wildman–Crippen MR) is 112 cm³/mol. The Kier molecular flexibility index (Phi) is 5.26. The molecule has 0 amide bonds. The van der Waals surface area contributed by atoms with Gasteiger partial charge in [-0.15, -0.1) is 10.2 Å². The highest BCUT2D eigenvalue weighted by Gasteiger charge is 2.23. The fourth-order valence-electron chi connectivity index (χ4n) is 3.81. The molecule has 0 spiro atoms. The van der Waals surface area contributed by atoms with Crippen LogP contribution in [0, 0.1) is 11.6 Å². The van der Waals surface area contributed by atoms with Crippen LogP contribution in [0.2, 0.25) is 0 Å². The largest absolute Gasteiger partial charge is 0.376 e. The van der Waals surface area contributed by atoms with Gasteiger partial charge in [-0.1, -0.05) is 42.1 Å². The van der Waals surface area contributed by atoms with Crippen LogP contribution < -0.4 is 0 Å². The number of nitrogens with one attached hydrogen (secondary N) is 1. The number of nitrogens with zero attached hydrogens (tertiary/aromatic N) is 3. The molecule has 2 aromatic heterocycles. The predicted octanol–water partition coefficient (Wildman–Crippen LogP) is 5.18. The normalized spacial score (nSPS) is 16.5. The minimum absolute atomic E-state index is 0.0928. The first-order valence-corrected chi connectivity index (χ1v) is 10.9. The van der Waals surface area contributed by atoms with Crippen molar-refractivity contribution in [1.29, 1.82) is 0 Å². The van der Waals surface area contributed by atoms with Crippen LogP contribution >= 0.6 is 11.8 Å². The molecule has 1 fully saturated rings. The van der Waals surface area contributed by atoms with Gasteiger partial charge in [-0.2, -0.15) is 0 Å². The number of ether oxygens (including phenoxy) is 1. The highest BCUT2D eigenvalue weighted by Crippen LogP contribution is 2.32. The van der Waals surface area contributed by atoms with Crippen molar-refractivity contribution in [2.45, 2.75) is 36.4 Å². The number of hydrogen-bond donors (Lipinski definition) is 1. The molecule has 5 rings (SSSR count). The summed E-state index contributed by atoms with van der Waals surface area (Å²) >= 11 is 1.35. The first-order valence-electron chi connectivity index (χ1n) is 9.87. The van der Waals surface area contributed by atoms with Crippen molar-refractivity contribution in [3.8, 4) is 11.4 Å². The van der Waals surface area contributed by atoms with Crippen LogP contribution in [0.3, 0.4) is 0 Å². The van der Waals surface area contributed by atoms with Gasteiger partial charge in [0.1, 0.15) is 0 Å². The fourth-order valence-corrected chi connectivity index (χ4v) is 4.73. The number of rotatable bonds is 6. The summed E-state index contributed by atoms with van der Waals surface area (Å²) in [5.74, 6) is -0.646. The van der Waals surface area contributed by atoms with Crippen molar-refractivity contribution in [2.24, 2.45) is 0 Å². The van der Waals surface area contributed by atoms with Crippen LogP contribution in [-0.2, 0) is 17.0 Å². The third-order valence-corrected chi connectivity index (χ3v) is 6.36. The molecule has 8 heteroatoms. The molecule has 0 aliphatic carbocycles. The fraction of sp³-hybridized carbons (Fsp3) is 0.273. The zero-order valence-corrected chi connectivity index (χ0v) is 17.0. The Balaban J connectivity index is 1.50. The van der Waals surface area contributed by atoms with E-state index in [1.54, 1.807) is 6.07 Å². The summed E-state index contributed by atoms with van der Waals surface area (Å²) in [6, 6.07) is 12.3. The molecule has 0 radical (unpaired) electrons. The van der Waals surface area contributed by atoms with Gasteiger partial charge in [-0.3, -0.25) is 4.57 Å². The quantitative estimate of drug-likeness (QED) is 0.432. The Morgan fingerprint density at radius 3 is 2.90 bits per heavy atom. The van der Waals surface area contributed by atoms with Crippen LogP contribution in [-0.4, -0.2) is 32.5 Å². The van der Waals surface area contributed by atoms with E-state index in [-0.39, 0.29) is 11.9 Å². The molecule has 30 heavy (non-hydrogen) atoms. The van der Waals surface area contributed by atoms with Gasteiger partial charge in [-0.05, 0) is 25.0 Å². The Bertz CT molecular complexity index is 1180. The van der Waals surface area contributed by atoms with Crippen LogP contribution in [0.5, 0.6) is 0 Å². The maximum atomic E-state index is 14.1. The van der Waals surface area contributed by atoms with Crippen molar-refractivity contribution < 1.29 is 13.5 Å². The molecule has 1 aliphatic rings. The van der Waals surface area contributed by atoms with Crippen LogP contribution in [0.25, 0.3) is 22.3 Å². The van der Waals surface area contributed by atoms with E-state index in [4.69, 9.17) is 4.74 Å². The number of aromatic amines is 1. The molecule has 1 N–H and O–H groups in total. The number of benzene rings is 2. The molecule has 1 atom stereocenters. The van der Waals surface area contributed by atoms with Crippen molar-refractivity contribution in [1.82, 2.24) is 19.7 Å². The van der Waals surface area contributed by atoms with Gasteiger partial charge in [0.2, 0.25) is 0 Å². The summed E-state index contributed by atoms with van der Waals surface area (Å²) < 4.78 is 35.5. The SMILES string of the molecule is Fc1cccc(CSc2nnc(-c3c[nH]c4ccccc34)n2CC2CCCO2)c1F. The summed E-state index contributed by atoms with van der Waals surface area (Å²) in [7, 11) is 0. The third kappa shape index (κ3) is 3.61. The highest BCUT2D eigenvalue weighted by molar-refractivity contribution is 7.98. The second-order valence-electron chi connectivity index (χ2n) is 7.30. The lowest BCUT2D eigenvalue weighted by Gasteiger charge is -2.14. The lowest BCUT2D eigenvalue weighted by molar-refractivity contribution is 0.0953. The minimum atomic E-state index is -0.839. The van der Waals surface area contributed by atoms with Crippen LogP contribution in [0.1, 0.15) is 18.4 Å². The molecule has 4 aromatic rings. The smallest absolute Gasteiger partial charge is 0.191 e. The van der Waals surface area contributed by atoms with E-state index >= 15 is 0 Å². The van der Waals surface area contributed by atoms with Crippen LogP contribution in [0.4, 0.5) is 8.78 Å². The molecule has 1 unspecified atom stereocenters. The molecule has 5 nitrogen and oxygen atoms in total. The van der Waals surface area contributed by atoms with E-state index in [1.807, 2.05) is 35.0 Å². The van der Waals surface area contributed by atoms with E-state index in [0.29, 0.717) is 17.3 Å². The zero-order valence-electron chi connectivity index (χ0n) is 16.1. The van der Waals surface area contributed by atoms with Crippen molar-refractivity contribution in [3.63, 3.8) is 0 Å². The average molecular weight is 426 g/mol. The number of aromatic nitrogens is 4. The van der Waals surface area contributed by atoms with Gasteiger partial charge in [0.05, 0.1) is 12.6 Å². The molecule has 2 aromatic carbocycles. The van der Waals surface area contributed by atoms with Gasteiger partial charge in [-0.25, -0.2) is 8.78 Å². The van der Waals surface area contributed by atoms with Crippen molar-refractivity contribution in [2.75, 3.05) is 6.61 Å². The molecule has 0 bridgehead atoms. The van der Waals surface area contributed by atoms with E-state index in [2.05, 4.69) is 15.2 Å². The number of halogens is 2. The molecule has 1 aliphatic heterocycles. The Morgan fingerprint density at radius 2 is 2.03 bits per heavy atom. The van der Waals surface area contributed by atoms with Gasteiger partial charge < -0.3 is 9.72 Å². The van der Waals surface area contributed by atoms with E-state index in [9.17, 15) is 8.78 Å². The Morgan fingerprint density at radius 1 is 1.13 bits per heavy atom. The van der Waals surface area contributed by atoms with Crippen LogP contribution in [0.15, 0.2) is 53.8 Å². The number of H-pyrrole nitrogens is 1. The van der Waals surface area contributed by atoms with E-state index < -0.39 is 11.6 Å². The Labute approximate surface area is 176 Å². The summed E-state index contributed by atoms with van der Waals surface area (Å²) in [6.07, 6.45) is 4.04. The zero-order chi connectivity index (χ0) is 20.5. The van der Waals surface area contributed by atoms with Gasteiger partial charge >= 0.3 is 0 Å². The average Bonchev–Trinajstić information content (AvgIpc) is 3.50. The van der Waals surface area contributed by atoms with E-state index in [1.165, 1.54) is 17.8 Å². The summed E-state index contributed by atoms with van der Waals surface area (Å²) in [5, 5.41) is 10.6. The maximum Gasteiger partial charge on any atom is 0.191 e. The van der Waals surface area contributed by atoms with Gasteiger partial charge in [0, 0.05) is 40.6 Å². The minimum Gasteiger partial charge on any atom is -0.376 e. The molecule has 154 valence electrons. The second kappa shape index (κ2) is 8.20. The monoisotopic (exact) mass is 426 g/mol. The third-order valence-electron chi connectivity index (χ3n) is 5.35. The summed E-state index contributed by atoms with van der Waals surface area (Å²) in [4.78, 5) is 3.28. The standard InChI is InChI=1S/C22H20F2N4OS/c23-18-8-3-5-14(20(18)24)13-30-22-27-26-21(28(22)12-15-6-4-10-29-15)17-11-25-19-9-2-1-7-16(17)19/h1-3,5,7-9,11,15,25H,4,6,10,12-13H2. The van der Waals surface area contributed by atoms with Gasteiger partial charge in [0.15, 0.2) is 22.6 Å². The Hall–Kier alpha value is -2.71. The second-order valence-corrected chi connectivity index (χ2v) is 8.24. The van der Waals surface area contributed by atoms with Gasteiger partial charge in [0.25, 0.3) is 0 Å². The maximum absolute atomic E-state index is 14.1. The lowest BCUT2D eigenvalue weighted by Crippen LogP contribution is -2.16. The number of thioether (sulfide) groups is 1. The highest BCUT2D eigenvalue weighted by atomic mass is 32.2. The van der Waals surface area contributed by atoms with E-state index in [0.717, 1.165) is 47.8 Å². The molecular weight excluding hydrogens is 406 g/mol. The topological polar surface area (TPSA) is 55.7 Å². The number of para-hydroxylation sites is 1. The van der Waals surface area contributed by atoms with Crippen molar-refractivity contribution >= 4 is 22.7 Å². The number of hydrogen-bond acceptors (Lipinski definition) is 4. The molecule has 1 saturated heterocycles. The summed E-state index contributed by atoms with van der Waals surface area (Å²) in [5.41, 5.74) is 2.29. The number of fused-ring (bicyclic) bond motifs is 1. The lowest BCUT2D eigenvalue weighted by atomic mass is 10.1. The molecule has 0 saturated carbocycles. The first kappa shape index (κ1) is 19.3. The first-order chi connectivity index (χ1) is 14.7. The van der Waals surface area contributed by atoms with Crippen molar-refractivity contribution in [3.05, 3.63) is 65.9 Å². The summed E-state index contributed by atoms with van der Waals surface area (Å²) in [6.45, 7) is 1.38. The molecular formula is C22H20F2N4OS.